The van der Waals surface area contributed by atoms with E-state index in [1.54, 1.807) is 37.4 Å². The number of hydrogen-bond acceptors (Lipinski definition) is 4. The number of benzene rings is 2. The summed E-state index contributed by atoms with van der Waals surface area (Å²) in [5.41, 5.74) is 1.18. The highest BCUT2D eigenvalue weighted by molar-refractivity contribution is 5.94. The zero-order chi connectivity index (χ0) is 17.5. The first-order valence-electron chi connectivity index (χ1n) is 7.07. The molecule has 0 atom stereocenters. The molecule has 0 spiro atoms. The first kappa shape index (κ1) is 17.5. The number of nitrogens with one attached hydrogen (secondary N) is 1. The number of hydrogen-bond donors (Lipinski definition) is 1. The Hall–Kier alpha value is -2.83. The summed E-state index contributed by atoms with van der Waals surface area (Å²) in [5.74, 6) is 0.514. The van der Waals surface area contributed by atoms with Crippen molar-refractivity contribution >= 4 is 5.91 Å². The minimum atomic E-state index is -2.93. The quantitative estimate of drug-likeness (QED) is 0.843. The molecule has 2 aromatic carbocycles. The molecule has 0 heterocycles. The summed E-state index contributed by atoms with van der Waals surface area (Å²) in [4.78, 5) is 12.1. The van der Waals surface area contributed by atoms with Crippen LogP contribution < -0.4 is 19.5 Å². The van der Waals surface area contributed by atoms with Crippen molar-refractivity contribution in [1.29, 1.82) is 0 Å². The maximum absolute atomic E-state index is 12.3. The smallest absolute Gasteiger partial charge is 0.387 e. The van der Waals surface area contributed by atoms with Gasteiger partial charge in [-0.1, -0.05) is 6.07 Å². The van der Waals surface area contributed by atoms with Gasteiger partial charge in [-0.15, -0.1) is 0 Å². The third kappa shape index (κ3) is 4.58. The average molecular weight is 337 g/mol. The highest BCUT2D eigenvalue weighted by atomic mass is 19.3. The molecule has 2 aromatic rings. The highest BCUT2D eigenvalue weighted by Crippen LogP contribution is 2.29. The second kappa shape index (κ2) is 8.14. The second-order valence-corrected chi connectivity index (χ2v) is 4.77. The lowest BCUT2D eigenvalue weighted by Gasteiger charge is -2.12. The minimum Gasteiger partial charge on any atom is -0.497 e. The first-order chi connectivity index (χ1) is 11.5. The van der Waals surface area contributed by atoms with Gasteiger partial charge in [-0.25, -0.2) is 0 Å². The van der Waals surface area contributed by atoms with E-state index in [9.17, 15) is 13.6 Å². The molecule has 0 aromatic heterocycles. The standard InChI is InChI=1S/C17H17F2NO4/c1-22-13-6-4-12(5-7-13)16(21)20-10-11-3-8-14(24-17(18)19)15(9-11)23-2/h3-9,17H,10H2,1-2H3,(H,20,21). The molecule has 5 nitrogen and oxygen atoms in total. The molecule has 0 radical (unpaired) electrons. The summed E-state index contributed by atoms with van der Waals surface area (Å²) in [7, 11) is 2.90. The van der Waals surface area contributed by atoms with Crippen LogP contribution in [0.4, 0.5) is 8.78 Å². The highest BCUT2D eigenvalue weighted by Gasteiger charge is 2.12. The molecular formula is C17H17F2NO4. The van der Waals surface area contributed by atoms with Crippen LogP contribution in [0.15, 0.2) is 42.5 Å². The second-order valence-electron chi connectivity index (χ2n) is 4.77. The zero-order valence-corrected chi connectivity index (χ0v) is 13.2. The van der Waals surface area contributed by atoms with E-state index in [0.717, 1.165) is 0 Å². The van der Waals surface area contributed by atoms with Gasteiger partial charge in [0.25, 0.3) is 5.91 Å². The van der Waals surface area contributed by atoms with Crippen LogP contribution in [0, 0.1) is 0 Å². The fraction of sp³-hybridized carbons (Fsp3) is 0.235. The third-order valence-corrected chi connectivity index (χ3v) is 3.25. The Morgan fingerprint density at radius 3 is 2.33 bits per heavy atom. The van der Waals surface area contributed by atoms with E-state index < -0.39 is 6.61 Å². The van der Waals surface area contributed by atoms with Crippen LogP contribution in [0.3, 0.4) is 0 Å². The number of carbonyl (C=O) groups excluding carboxylic acids is 1. The Bertz CT molecular complexity index is 689. The van der Waals surface area contributed by atoms with E-state index in [-0.39, 0.29) is 24.0 Å². The van der Waals surface area contributed by atoms with Crippen LogP contribution in [0.2, 0.25) is 0 Å². The van der Waals surface area contributed by atoms with Crippen LogP contribution in [-0.2, 0) is 6.54 Å². The lowest BCUT2D eigenvalue weighted by molar-refractivity contribution is -0.0512. The van der Waals surface area contributed by atoms with Gasteiger partial charge in [-0.3, -0.25) is 4.79 Å². The fourth-order valence-corrected chi connectivity index (χ4v) is 2.04. The SMILES string of the molecule is COc1ccc(C(=O)NCc2ccc(OC(F)F)c(OC)c2)cc1. The Morgan fingerprint density at radius 2 is 1.75 bits per heavy atom. The van der Waals surface area contributed by atoms with E-state index in [0.29, 0.717) is 16.9 Å². The Labute approximate surface area is 138 Å². The van der Waals surface area contributed by atoms with Gasteiger partial charge in [0.05, 0.1) is 14.2 Å². The summed E-state index contributed by atoms with van der Waals surface area (Å²) in [6, 6.07) is 11.2. The van der Waals surface area contributed by atoms with Crippen molar-refractivity contribution in [2.75, 3.05) is 14.2 Å². The van der Waals surface area contributed by atoms with Crippen LogP contribution in [-0.4, -0.2) is 26.7 Å². The Morgan fingerprint density at radius 1 is 1.04 bits per heavy atom. The van der Waals surface area contributed by atoms with Gasteiger partial charge in [-0.05, 0) is 42.0 Å². The molecule has 7 heteroatoms. The predicted octanol–water partition coefficient (Wildman–Crippen LogP) is 3.24. The van der Waals surface area contributed by atoms with Crippen molar-refractivity contribution < 1.29 is 27.8 Å². The number of alkyl halides is 2. The van der Waals surface area contributed by atoms with Gasteiger partial charge in [0.15, 0.2) is 11.5 Å². The van der Waals surface area contributed by atoms with Crippen LogP contribution in [0.1, 0.15) is 15.9 Å². The first-order valence-corrected chi connectivity index (χ1v) is 7.07. The van der Waals surface area contributed by atoms with Crippen molar-refractivity contribution in [1.82, 2.24) is 5.32 Å². The largest absolute Gasteiger partial charge is 0.497 e. The van der Waals surface area contributed by atoms with Gasteiger partial charge >= 0.3 is 6.61 Å². The summed E-state index contributed by atoms with van der Waals surface area (Å²) >= 11 is 0. The number of ether oxygens (including phenoxy) is 3. The van der Waals surface area contributed by atoms with Gasteiger partial charge < -0.3 is 19.5 Å². The molecule has 128 valence electrons. The molecule has 0 unspecified atom stereocenters. The molecule has 2 rings (SSSR count). The van der Waals surface area contributed by atoms with Crippen molar-refractivity contribution in [2.24, 2.45) is 0 Å². The number of carbonyl (C=O) groups is 1. The normalized spacial score (nSPS) is 10.4. The molecule has 0 bridgehead atoms. The predicted molar refractivity (Wildman–Crippen MR) is 83.8 cm³/mol. The van der Waals surface area contributed by atoms with Gasteiger partial charge in [0, 0.05) is 12.1 Å². The fourth-order valence-electron chi connectivity index (χ4n) is 2.04. The topological polar surface area (TPSA) is 56.8 Å². The van der Waals surface area contributed by atoms with Crippen molar-refractivity contribution in [3.8, 4) is 17.2 Å². The number of rotatable bonds is 7. The van der Waals surface area contributed by atoms with Gasteiger partial charge in [0.1, 0.15) is 5.75 Å². The van der Waals surface area contributed by atoms with Crippen LogP contribution >= 0.6 is 0 Å². The van der Waals surface area contributed by atoms with E-state index in [1.807, 2.05) is 0 Å². The van der Waals surface area contributed by atoms with E-state index >= 15 is 0 Å². The molecule has 0 aliphatic rings. The Balaban J connectivity index is 2.01. The molecule has 0 saturated carbocycles. The van der Waals surface area contributed by atoms with E-state index in [2.05, 4.69) is 10.1 Å². The van der Waals surface area contributed by atoms with Crippen LogP contribution in [0.5, 0.6) is 17.2 Å². The molecule has 1 N–H and O–H groups in total. The summed E-state index contributed by atoms with van der Waals surface area (Å²) in [5, 5.41) is 2.74. The third-order valence-electron chi connectivity index (χ3n) is 3.25. The number of amides is 1. The maximum atomic E-state index is 12.3. The molecule has 0 fully saturated rings. The number of methoxy groups -OCH3 is 2. The lowest BCUT2D eigenvalue weighted by Crippen LogP contribution is -2.22. The lowest BCUT2D eigenvalue weighted by atomic mass is 10.1. The molecule has 1 amide bonds. The minimum absolute atomic E-state index is 0.0577. The Kier molecular flexibility index (Phi) is 5.95. The van der Waals surface area contributed by atoms with Crippen molar-refractivity contribution in [2.45, 2.75) is 13.2 Å². The summed E-state index contributed by atoms with van der Waals surface area (Å²) in [6.45, 7) is -2.71. The molecule has 0 aliphatic carbocycles. The summed E-state index contributed by atoms with van der Waals surface area (Å²) in [6.07, 6.45) is 0. The zero-order valence-electron chi connectivity index (χ0n) is 13.2. The molecule has 0 saturated heterocycles. The van der Waals surface area contributed by atoms with E-state index in [1.165, 1.54) is 19.2 Å². The van der Waals surface area contributed by atoms with Gasteiger partial charge in [-0.2, -0.15) is 8.78 Å². The monoisotopic (exact) mass is 337 g/mol. The average Bonchev–Trinajstić information content (AvgIpc) is 2.60. The van der Waals surface area contributed by atoms with Gasteiger partial charge in [0.2, 0.25) is 0 Å². The summed E-state index contributed by atoms with van der Waals surface area (Å²) < 4.78 is 39.0. The molecular weight excluding hydrogens is 320 g/mol. The molecule has 0 aliphatic heterocycles. The number of halogens is 2. The molecule has 24 heavy (non-hydrogen) atoms. The van der Waals surface area contributed by atoms with Crippen molar-refractivity contribution in [3.05, 3.63) is 53.6 Å². The maximum Gasteiger partial charge on any atom is 0.387 e. The van der Waals surface area contributed by atoms with E-state index in [4.69, 9.17) is 9.47 Å². The van der Waals surface area contributed by atoms with Crippen LogP contribution in [0.25, 0.3) is 0 Å². The van der Waals surface area contributed by atoms with Crippen molar-refractivity contribution in [3.63, 3.8) is 0 Å².